The van der Waals surface area contributed by atoms with Crippen molar-refractivity contribution in [2.45, 2.75) is 64.7 Å². The molecule has 31 heavy (non-hydrogen) atoms. The van der Waals surface area contributed by atoms with E-state index in [4.69, 9.17) is 0 Å². The average Bonchev–Trinajstić information content (AvgIpc) is 3.44. The van der Waals surface area contributed by atoms with Gasteiger partial charge in [0.1, 0.15) is 0 Å². The van der Waals surface area contributed by atoms with E-state index in [9.17, 15) is 0 Å². The van der Waals surface area contributed by atoms with Crippen LogP contribution in [0.15, 0.2) is 48.5 Å². The van der Waals surface area contributed by atoms with Crippen molar-refractivity contribution in [3.05, 3.63) is 48.5 Å². The topological polar surface area (TPSA) is 6.48 Å². The Morgan fingerprint density at radius 1 is 0.516 bits per heavy atom. The Bertz CT molecular complexity index is 618. The molecule has 7 heteroatoms. The molecule has 2 aromatic rings. The molecule has 0 N–H and O–H groups in total. The predicted molar refractivity (Wildman–Crippen MR) is 129 cm³/mol. The predicted octanol–water partition coefficient (Wildman–Crippen LogP) is -1.39. The van der Waals surface area contributed by atoms with E-state index in [1.165, 1.54) is 64.7 Å². The van der Waals surface area contributed by atoms with E-state index in [0.29, 0.717) is 0 Å². The van der Waals surface area contributed by atoms with E-state index < -0.39 is 16.5 Å². The van der Waals surface area contributed by atoms with Crippen LogP contribution in [0.5, 0.6) is 0 Å². The van der Waals surface area contributed by atoms with E-state index in [1.54, 1.807) is 10.4 Å². The molecule has 0 spiro atoms. The minimum absolute atomic E-state index is 0. The smallest absolute Gasteiger partial charge is 1.00 e. The van der Waals surface area contributed by atoms with Crippen molar-refractivity contribution in [3.63, 3.8) is 0 Å². The zero-order valence-corrected chi connectivity index (χ0v) is 25.8. The molecule has 0 unspecified atom stereocenters. The number of rotatable bonds is 4. The number of nitrogens with zero attached hydrogens (tertiary/aromatic N) is 2. The summed E-state index contributed by atoms with van der Waals surface area (Å²) in [5.74, 6) is 0. The zero-order chi connectivity index (χ0) is 20.0. The molecule has 0 amide bonds. The number of halogens is 2. The van der Waals surface area contributed by atoms with Gasteiger partial charge in [0.15, 0.2) is 0 Å². The molecular formula is C24H40Cl2N2Si2Zr. The average molecular weight is 575 g/mol. The fourth-order valence-electron chi connectivity index (χ4n) is 4.83. The molecule has 2 aliphatic rings. The Morgan fingerprint density at radius 2 is 0.774 bits per heavy atom. The van der Waals surface area contributed by atoms with Crippen molar-refractivity contribution in [3.8, 4) is 0 Å². The number of hydrogen-bond acceptors (Lipinski definition) is 2. The summed E-state index contributed by atoms with van der Waals surface area (Å²) in [6, 6.07) is 17.9. The summed E-state index contributed by atoms with van der Waals surface area (Å²) in [4.78, 5) is 0. The standard InChI is InChI=1S/2C12H20NSi.2ClH.Zr/c2*1-14(2,12-8-4-5-9-12)13-10-6-3-7-11-13;;;/h2*4-5,8-9H,3,6-7,10-11H2,1-2H3;2*1H;/q2*-1;;;+4/p-2. The molecular weight excluding hydrogens is 535 g/mol. The summed E-state index contributed by atoms with van der Waals surface area (Å²) in [6.07, 6.45) is 8.46. The minimum atomic E-state index is -1.29. The number of hydrogen-bond donors (Lipinski definition) is 0. The van der Waals surface area contributed by atoms with Crippen LogP contribution in [-0.2, 0) is 26.2 Å². The van der Waals surface area contributed by atoms with Crippen LogP contribution >= 0.6 is 0 Å². The fraction of sp³-hybridized carbons (Fsp3) is 0.583. The second-order valence-corrected chi connectivity index (χ2v) is 18.2. The third-order valence-corrected chi connectivity index (χ3v) is 14.6. The minimum Gasteiger partial charge on any atom is -1.00 e. The van der Waals surface area contributed by atoms with Crippen molar-refractivity contribution in [1.29, 1.82) is 0 Å². The first kappa shape index (κ1) is 31.5. The molecule has 2 aromatic carbocycles. The van der Waals surface area contributed by atoms with Crippen LogP contribution in [0.1, 0.15) is 38.5 Å². The van der Waals surface area contributed by atoms with Gasteiger partial charge in [-0.15, -0.1) is 10.4 Å². The maximum atomic E-state index is 2.76. The monoisotopic (exact) mass is 572 g/mol. The van der Waals surface area contributed by atoms with Crippen LogP contribution in [0, 0.1) is 0 Å². The van der Waals surface area contributed by atoms with Crippen LogP contribution < -0.4 is 35.2 Å². The Labute approximate surface area is 225 Å². The van der Waals surface area contributed by atoms with E-state index in [1.807, 2.05) is 0 Å². The maximum absolute atomic E-state index is 2.76. The molecule has 2 heterocycles. The van der Waals surface area contributed by atoms with Crippen molar-refractivity contribution in [2.75, 3.05) is 26.2 Å². The van der Waals surface area contributed by atoms with Gasteiger partial charge in [-0.1, -0.05) is 39.0 Å². The summed E-state index contributed by atoms with van der Waals surface area (Å²) in [5.41, 5.74) is 0. The van der Waals surface area contributed by atoms with Gasteiger partial charge in [0, 0.05) is 0 Å². The SMILES string of the molecule is C[Si](C)([c-]1cccc1)N1CCCCC1.C[Si](C)([c-]1cccc1)N1CCCCC1.[Cl-].[Cl-].[Zr+4]. The van der Waals surface area contributed by atoms with Crippen molar-refractivity contribution in [2.24, 2.45) is 0 Å². The van der Waals surface area contributed by atoms with Crippen LogP contribution in [-0.4, -0.2) is 51.8 Å². The molecule has 2 nitrogen and oxygen atoms in total. The van der Waals surface area contributed by atoms with Crippen molar-refractivity contribution >= 4 is 26.8 Å². The Balaban J connectivity index is 0.000000529. The van der Waals surface area contributed by atoms with E-state index in [-0.39, 0.29) is 51.0 Å². The van der Waals surface area contributed by atoms with Crippen molar-refractivity contribution < 1.29 is 51.0 Å². The summed E-state index contributed by atoms with van der Waals surface area (Å²) in [5, 5.41) is 3.19. The van der Waals surface area contributed by atoms with Gasteiger partial charge in [0.05, 0.1) is 16.5 Å². The first-order chi connectivity index (χ1) is 13.4. The van der Waals surface area contributed by atoms with Crippen molar-refractivity contribution in [1.82, 2.24) is 9.13 Å². The molecule has 2 saturated heterocycles. The number of piperidine rings is 2. The van der Waals surface area contributed by atoms with E-state index in [0.717, 1.165) is 0 Å². The van der Waals surface area contributed by atoms with E-state index in [2.05, 4.69) is 83.8 Å². The van der Waals surface area contributed by atoms with Gasteiger partial charge in [-0.2, -0.15) is 24.3 Å². The molecule has 0 atom stereocenters. The molecule has 2 fully saturated rings. The Kier molecular flexibility index (Phi) is 15.0. The Hall–Kier alpha value is 0.517. The van der Waals surface area contributed by atoms with Crippen LogP contribution in [0.2, 0.25) is 26.2 Å². The maximum Gasteiger partial charge on any atom is 4.00 e. The molecule has 0 aromatic heterocycles. The molecule has 0 saturated carbocycles. The molecule has 172 valence electrons. The molecule has 2 aliphatic heterocycles. The van der Waals surface area contributed by atoms with Gasteiger partial charge in [-0.3, -0.25) is 0 Å². The van der Waals surface area contributed by atoms with Gasteiger partial charge < -0.3 is 33.9 Å². The fourth-order valence-corrected chi connectivity index (χ4v) is 10.4. The second-order valence-electron chi connectivity index (χ2n) is 9.56. The quantitative estimate of drug-likeness (QED) is 0.328. The van der Waals surface area contributed by atoms with Gasteiger partial charge in [0.2, 0.25) is 0 Å². The molecule has 0 bridgehead atoms. The van der Waals surface area contributed by atoms with Gasteiger partial charge in [-0.05, 0) is 51.9 Å². The normalized spacial score (nSPS) is 17.9. The molecule has 0 aliphatic carbocycles. The van der Waals surface area contributed by atoms with Crippen LogP contribution in [0.3, 0.4) is 0 Å². The molecule has 4 rings (SSSR count). The third-order valence-electron chi connectivity index (χ3n) is 7.03. The van der Waals surface area contributed by atoms with Gasteiger partial charge in [0.25, 0.3) is 0 Å². The van der Waals surface area contributed by atoms with Crippen LogP contribution in [0.25, 0.3) is 0 Å². The van der Waals surface area contributed by atoms with Gasteiger partial charge >= 0.3 is 26.2 Å². The first-order valence-corrected chi connectivity index (χ1v) is 17.3. The summed E-state index contributed by atoms with van der Waals surface area (Å²) < 4.78 is 5.51. The summed E-state index contributed by atoms with van der Waals surface area (Å²) in [6.45, 7) is 15.2. The second kappa shape index (κ2) is 14.7. The summed E-state index contributed by atoms with van der Waals surface area (Å²) in [7, 11) is -2.59. The van der Waals surface area contributed by atoms with Crippen LogP contribution in [0.4, 0.5) is 0 Å². The summed E-state index contributed by atoms with van der Waals surface area (Å²) >= 11 is 0. The van der Waals surface area contributed by atoms with E-state index >= 15 is 0 Å². The van der Waals surface area contributed by atoms with Gasteiger partial charge in [-0.25, -0.2) is 24.3 Å². The molecule has 0 radical (unpaired) electrons. The Morgan fingerprint density at radius 3 is 1.03 bits per heavy atom. The largest absolute Gasteiger partial charge is 4.00 e. The first-order valence-electron chi connectivity index (χ1n) is 11.4. The third kappa shape index (κ3) is 8.35. The zero-order valence-electron chi connectivity index (χ0n) is 19.8.